The molecule has 5 rings (SSSR count). The number of hydrogen-bond acceptors (Lipinski definition) is 5. The minimum absolute atomic E-state index is 0.0629. The van der Waals surface area contributed by atoms with Gasteiger partial charge in [-0.3, -0.25) is 14.4 Å². The van der Waals surface area contributed by atoms with Gasteiger partial charge in [0.05, 0.1) is 0 Å². The Labute approximate surface area is 209 Å². The van der Waals surface area contributed by atoms with Crippen LogP contribution < -0.4 is 14.8 Å². The lowest BCUT2D eigenvalue weighted by atomic mass is 9.87. The average Bonchev–Trinajstić information content (AvgIpc) is 3.40. The molecule has 2 fully saturated rings. The third kappa shape index (κ3) is 5.15. The number of nitrogens with one attached hydrogen (secondary N) is 1. The molecule has 0 aromatic heterocycles. The highest BCUT2D eigenvalue weighted by Gasteiger charge is 2.37. The second kappa shape index (κ2) is 10.6. The maximum Gasteiger partial charge on any atom is 0.253 e. The lowest BCUT2D eigenvalue weighted by Crippen LogP contribution is -2.55. The highest BCUT2D eigenvalue weighted by atomic mass is 19.1. The summed E-state index contributed by atoms with van der Waals surface area (Å²) in [6.45, 7) is 2.43. The van der Waals surface area contributed by atoms with Crippen molar-refractivity contribution in [1.29, 1.82) is 0 Å². The summed E-state index contributed by atoms with van der Waals surface area (Å²) in [5.41, 5.74) is 0.839. The van der Waals surface area contributed by atoms with Crippen LogP contribution in [0.5, 0.6) is 11.5 Å². The molecule has 1 N–H and O–H groups in total. The first kappa shape index (κ1) is 24.1. The van der Waals surface area contributed by atoms with Crippen LogP contribution in [0.3, 0.4) is 0 Å². The Bertz CT molecular complexity index is 1120. The summed E-state index contributed by atoms with van der Waals surface area (Å²) >= 11 is 0. The molecule has 36 heavy (non-hydrogen) atoms. The zero-order chi connectivity index (χ0) is 25.1. The summed E-state index contributed by atoms with van der Waals surface area (Å²) in [6.07, 6.45) is 4.18. The Morgan fingerprint density at radius 2 is 1.50 bits per heavy atom. The van der Waals surface area contributed by atoms with Gasteiger partial charge in [0.15, 0.2) is 11.5 Å². The standard InChI is InChI=1S/C27H30FN3O5/c28-21-7-4-19(5-8-21)26(33)31-14-10-18(11-15-31)24(27(34)30-12-2-1-3-13-30)29-25(32)20-6-9-22-23(16-20)36-17-35-22/h4-9,16,18,24H,1-3,10-15,17H2,(H,29,32). The summed E-state index contributed by atoms with van der Waals surface area (Å²) < 4.78 is 24.0. The van der Waals surface area contributed by atoms with Gasteiger partial charge in [0.25, 0.3) is 11.8 Å². The Hall–Kier alpha value is -3.62. The van der Waals surface area contributed by atoms with Crippen LogP contribution in [-0.4, -0.2) is 66.5 Å². The van der Waals surface area contributed by atoms with Crippen LogP contribution in [0.4, 0.5) is 4.39 Å². The smallest absolute Gasteiger partial charge is 0.253 e. The van der Waals surface area contributed by atoms with E-state index in [-0.39, 0.29) is 36.2 Å². The van der Waals surface area contributed by atoms with E-state index in [1.165, 1.54) is 24.3 Å². The van der Waals surface area contributed by atoms with Gasteiger partial charge in [0.1, 0.15) is 11.9 Å². The van der Waals surface area contributed by atoms with Crippen molar-refractivity contribution in [2.24, 2.45) is 5.92 Å². The van der Waals surface area contributed by atoms with Crippen LogP contribution in [-0.2, 0) is 4.79 Å². The van der Waals surface area contributed by atoms with Gasteiger partial charge in [-0.05, 0) is 80.5 Å². The van der Waals surface area contributed by atoms with Crippen LogP contribution in [0.25, 0.3) is 0 Å². The maximum atomic E-state index is 13.6. The Morgan fingerprint density at radius 1 is 0.833 bits per heavy atom. The molecule has 2 saturated heterocycles. The molecule has 1 atom stereocenters. The highest BCUT2D eigenvalue weighted by molar-refractivity contribution is 5.98. The Morgan fingerprint density at radius 3 is 2.22 bits per heavy atom. The predicted molar refractivity (Wildman–Crippen MR) is 129 cm³/mol. The second-order valence-electron chi connectivity index (χ2n) is 9.54. The number of halogens is 1. The van der Waals surface area contributed by atoms with Gasteiger partial charge in [-0.1, -0.05) is 0 Å². The van der Waals surface area contributed by atoms with E-state index < -0.39 is 6.04 Å². The molecular formula is C27H30FN3O5. The van der Waals surface area contributed by atoms with Crippen molar-refractivity contribution in [3.63, 3.8) is 0 Å². The number of piperidine rings is 2. The van der Waals surface area contributed by atoms with Crippen LogP contribution in [0.2, 0.25) is 0 Å². The summed E-state index contributed by atoms with van der Waals surface area (Å²) in [7, 11) is 0. The van der Waals surface area contributed by atoms with Gasteiger partial charge in [-0.2, -0.15) is 0 Å². The maximum absolute atomic E-state index is 13.6. The van der Waals surface area contributed by atoms with Crippen molar-refractivity contribution in [1.82, 2.24) is 15.1 Å². The molecule has 3 aliphatic heterocycles. The summed E-state index contributed by atoms with van der Waals surface area (Å²) in [4.78, 5) is 43.2. The number of hydrogen-bond donors (Lipinski definition) is 1. The summed E-state index contributed by atoms with van der Waals surface area (Å²) in [5.74, 6) is 0.0503. The SMILES string of the molecule is O=C(NC(C(=O)N1CCCCC1)C1CCN(C(=O)c2ccc(F)cc2)CC1)c1ccc2c(c1)OCO2. The first-order chi connectivity index (χ1) is 17.5. The number of rotatable bonds is 5. The number of carbonyl (C=O) groups excluding carboxylic acids is 3. The second-order valence-corrected chi connectivity index (χ2v) is 9.54. The average molecular weight is 496 g/mol. The number of benzene rings is 2. The van der Waals surface area contributed by atoms with Gasteiger partial charge < -0.3 is 24.6 Å². The van der Waals surface area contributed by atoms with Gasteiger partial charge in [-0.25, -0.2) is 4.39 Å². The zero-order valence-corrected chi connectivity index (χ0v) is 20.1. The number of carbonyl (C=O) groups is 3. The minimum Gasteiger partial charge on any atom is -0.454 e. The van der Waals surface area contributed by atoms with E-state index in [0.717, 1.165) is 19.3 Å². The van der Waals surface area contributed by atoms with Crippen LogP contribution in [0, 0.1) is 11.7 Å². The number of ether oxygens (including phenoxy) is 2. The number of nitrogens with zero attached hydrogens (tertiary/aromatic N) is 2. The molecule has 8 nitrogen and oxygen atoms in total. The molecule has 2 aromatic rings. The first-order valence-corrected chi connectivity index (χ1v) is 12.5. The van der Waals surface area contributed by atoms with E-state index >= 15 is 0 Å². The van der Waals surface area contributed by atoms with E-state index in [1.807, 2.05) is 4.90 Å². The lowest BCUT2D eigenvalue weighted by molar-refractivity contribution is -0.136. The van der Waals surface area contributed by atoms with Crippen molar-refractivity contribution < 1.29 is 28.2 Å². The number of amides is 3. The number of fused-ring (bicyclic) bond motifs is 1. The molecule has 190 valence electrons. The Kier molecular flexibility index (Phi) is 7.06. The Balaban J connectivity index is 1.29. The quantitative estimate of drug-likeness (QED) is 0.688. The molecule has 0 radical (unpaired) electrons. The third-order valence-corrected chi connectivity index (χ3v) is 7.24. The van der Waals surface area contributed by atoms with Gasteiger partial charge in [0, 0.05) is 37.3 Å². The van der Waals surface area contributed by atoms with E-state index in [9.17, 15) is 18.8 Å². The van der Waals surface area contributed by atoms with Crippen molar-refractivity contribution >= 4 is 17.7 Å². The molecule has 0 bridgehead atoms. The van der Waals surface area contributed by atoms with Crippen molar-refractivity contribution in [3.8, 4) is 11.5 Å². The molecule has 1 unspecified atom stereocenters. The van der Waals surface area contributed by atoms with Crippen molar-refractivity contribution in [2.45, 2.75) is 38.1 Å². The van der Waals surface area contributed by atoms with Crippen LogP contribution in [0.15, 0.2) is 42.5 Å². The topological polar surface area (TPSA) is 88.2 Å². The van der Waals surface area contributed by atoms with Gasteiger partial charge in [0.2, 0.25) is 12.7 Å². The van der Waals surface area contributed by atoms with Crippen molar-refractivity contribution in [3.05, 3.63) is 59.4 Å². The molecule has 0 aliphatic carbocycles. The molecule has 2 aromatic carbocycles. The molecule has 9 heteroatoms. The van der Waals surface area contributed by atoms with Gasteiger partial charge >= 0.3 is 0 Å². The largest absolute Gasteiger partial charge is 0.454 e. The fourth-order valence-corrected chi connectivity index (χ4v) is 5.17. The van der Waals surface area contributed by atoms with E-state index in [4.69, 9.17) is 9.47 Å². The van der Waals surface area contributed by atoms with E-state index in [2.05, 4.69) is 5.32 Å². The molecule has 3 heterocycles. The monoisotopic (exact) mass is 495 g/mol. The minimum atomic E-state index is -0.677. The van der Waals surface area contributed by atoms with Crippen LogP contribution >= 0.6 is 0 Å². The fraction of sp³-hybridized carbons (Fsp3) is 0.444. The van der Waals surface area contributed by atoms with Crippen LogP contribution in [0.1, 0.15) is 52.8 Å². The van der Waals surface area contributed by atoms with Crippen molar-refractivity contribution in [2.75, 3.05) is 33.0 Å². The third-order valence-electron chi connectivity index (χ3n) is 7.24. The predicted octanol–water partition coefficient (Wildman–Crippen LogP) is 3.22. The zero-order valence-electron chi connectivity index (χ0n) is 20.1. The molecule has 3 aliphatic rings. The highest BCUT2D eigenvalue weighted by Crippen LogP contribution is 2.33. The van der Waals surface area contributed by atoms with Gasteiger partial charge in [-0.15, -0.1) is 0 Å². The van der Waals surface area contributed by atoms with E-state index in [1.54, 1.807) is 23.1 Å². The normalized spacial score (nSPS) is 18.6. The molecule has 0 saturated carbocycles. The lowest BCUT2D eigenvalue weighted by Gasteiger charge is -2.38. The molecule has 0 spiro atoms. The van der Waals surface area contributed by atoms with E-state index in [0.29, 0.717) is 61.6 Å². The first-order valence-electron chi connectivity index (χ1n) is 12.5. The number of likely N-dealkylation sites (tertiary alicyclic amines) is 2. The molecule has 3 amide bonds. The summed E-state index contributed by atoms with van der Waals surface area (Å²) in [6, 6.07) is 9.83. The summed E-state index contributed by atoms with van der Waals surface area (Å²) in [5, 5.41) is 3.00. The molecular weight excluding hydrogens is 465 g/mol. The fourth-order valence-electron chi connectivity index (χ4n) is 5.17.